The maximum absolute atomic E-state index is 14.0. The smallest absolute Gasteiger partial charge is 0.245 e. The van der Waals surface area contributed by atoms with Crippen LogP contribution in [-0.4, -0.2) is 27.5 Å². The summed E-state index contributed by atoms with van der Waals surface area (Å²) < 4.78 is 61.4. The minimum atomic E-state index is -4.20. The molecule has 0 aliphatic rings. The molecule has 0 fully saturated rings. The van der Waals surface area contributed by atoms with Crippen LogP contribution in [0.4, 0.5) is 14.5 Å². The second kappa shape index (κ2) is 9.88. The SMILES string of the molecule is COc1ccc(C)cc1S(=O)(=O)N[C@@H](Cc1ccccc1)C(=O)Nc1cc(F)ccc1F. The molecule has 0 radical (unpaired) electrons. The van der Waals surface area contributed by atoms with E-state index in [-0.39, 0.29) is 22.8 Å². The number of aryl methyl sites for hydroxylation is 1. The summed E-state index contributed by atoms with van der Waals surface area (Å²) in [5, 5.41) is 2.27. The van der Waals surface area contributed by atoms with Crippen molar-refractivity contribution < 1.29 is 26.7 Å². The Hall–Kier alpha value is -3.30. The number of hydrogen-bond donors (Lipinski definition) is 2. The molecular weight excluding hydrogens is 438 g/mol. The molecule has 0 heterocycles. The Morgan fingerprint density at radius 1 is 1.03 bits per heavy atom. The highest BCUT2D eigenvalue weighted by molar-refractivity contribution is 7.89. The fourth-order valence-electron chi connectivity index (χ4n) is 3.10. The van der Waals surface area contributed by atoms with Crippen LogP contribution in [0.3, 0.4) is 0 Å². The number of ether oxygens (including phenoxy) is 1. The second-order valence-corrected chi connectivity index (χ2v) is 8.81. The molecule has 0 saturated carbocycles. The first-order valence-electron chi connectivity index (χ1n) is 9.66. The number of anilines is 1. The van der Waals surface area contributed by atoms with Crippen LogP contribution in [0, 0.1) is 18.6 Å². The molecule has 3 aromatic rings. The van der Waals surface area contributed by atoms with Crippen LogP contribution in [0.2, 0.25) is 0 Å². The number of rotatable bonds is 8. The van der Waals surface area contributed by atoms with E-state index in [2.05, 4.69) is 10.0 Å². The van der Waals surface area contributed by atoms with Crippen molar-refractivity contribution in [2.45, 2.75) is 24.3 Å². The predicted octanol–water partition coefficient (Wildman–Crippen LogP) is 3.81. The predicted molar refractivity (Wildman–Crippen MR) is 117 cm³/mol. The Bertz CT molecular complexity index is 1220. The van der Waals surface area contributed by atoms with Gasteiger partial charge in [0.05, 0.1) is 12.8 Å². The van der Waals surface area contributed by atoms with Gasteiger partial charge in [0.15, 0.2) is 0 Å². The molecular formula is C23H22F2N2O4S. The maximum Gasteiger partial charge on any atom is 0.245 e. The summed E-state index contributed by atoms with van der Waals surface area (Å²) in [6.45, 7) is 1.72. The Balaban J connectivity index is 1.95. The van der Waals surface area contributed by atoms with E-state index in [1.165, 1.54) is 19.2 Å². The van der Waals surface area contributed by atoms with Gasteiger partial charge in [-0.05, 0) is 48.7 Å². The Morgan fingerprint density at radius 3 is 2.44 bits per heavy atom. The van der Waals surface area contributed by atoms with E-state index in [4.69, 9.17) is 4.74 Å². The van der Waals surface area contributed by atoms with Crippen molar-refractivity contribution in [3.05, 3.63) is 89.5 Å². The van der Waals surface area contributed by atoms with Crippen LogP contribution < -0.4 is 14.8 Å². The first-order chi connectivity index (χ1) is 15.2. The number of hydrogen-bond acceptors (Lipinski definition) is 4. The normalized spacial score (nSPS) is 12.2. The van der Waals surface area contributed by atoms with Crippen LogP contribution >= 0.6 is 0 Å². The highest BCUT2D eigenvalue weighted by Crippen LogP contribution is 2.25. The number of nitrogens with one attached hydrogen (secondary N) is 2. The molecule has 9 heteroatoms. The van der Waals surface area contributed by atoms with Crippen LogP contribution in [0.1, 0.15) is 11.1 Å². The number of carbonyl (C=O) groups is 1. The van der Waals surface area contributed by atoms with E-state index in [1.54, 1.807) is 43.3 Å². The molecule has 3 aromatic carbocycles. The van der Waals surface area contributed by atoms with Gasteiger partial charge in [-0.25, -0.2) is 17.2 Å². The number of benzene rings is 3. The highest BCUT2D eigenvalue weighted by Gasteiger charge is 2.29. The van der Waals surface area contributed by atoms with E-state index in [0.717, 1.165) is 18.2 Å². The minimum Gasteiger partial charge on any atom is -0.495 e. The lowest BCUT2D eigenvalue weighted by Crippen LogP contribution is -2.45. The molecule has 0 saturated heterocycles. The van der Waals surface area contributed by atoms with Gasteiger partial charge < -0.3 is 10.1 Å². The Labute approximate surface area is 185 Å². The molecule has 168 valence electrons. The molecule has 0 bridgehead atoms. The van der Waals surface area contributed by atoms with E-state index < -0.39 is 33.6 Å². The van der Waals surface area contributed by atoms with Gasteiger partial charge in [-0.2, -0.15) is 4.72 Å². The number of methoxy groups -OCH3 is 1. The van der Waals surface area contributed by atoms with E-state index in [9.17, 15) is 22.0 Å². The number of sulfonamides is 1. The van der Waals surface area contributed by atoms with Crippen molar-refractivity contribution in [2.24, 2.45) is 0 Å². The van der Waals surface area contributed by atoms with Gasteiger partial charge in [0.25, 0.3) is 0 Å². The summed E-state index contributed by atoms with van der Waals surface area (Å²) in [7, 11) is -2.87. The quantitative estimate of drug-likeness (QED) is 0.536. The second-order valence-electron chi connectivity index (χ2n) is 7.13. The summed E-state index contributed by atoms with van der Waals surface area (Å²) in [6, 6.07) is 14.7. The fourth-order valence-corrected chi connectivity index (χ4v) is 4.54. The average Bonchev–Trinajstić information content (AvgIpc) is 2.76. The Morgan fingerprint density at radius 2 is 1.75 bits per heavy atom. The van der Waals surface area contributed by atoms with Crippen LogP contribution in [0.5, 0.6) is 5.75 Å². The molecule has 0 aliphatic carbocycles. The summed E-state index contributed by atoms with van der Waals surface area (Å²) >= 11 is 0. The topological polar surface area (TPSA) is 84.5 Å². The molecule has 32 heavy (non-hydrogen) atoms. The standard InChI is InChI=1S/C23H22F2N2O4S/c1-15-8-11-21(31-2)22(12-15)32(29,30)27-20(13-16-6-4-3-5-7-16)23(28)26-19-14-17(24)9-10-18(19)25/h3-12,14,20,27H,13H2,1-2H3,(H,26,28)/t20-/m0/s1. The lowest BCUT2D eigenvalue weighted by atomic mass is 10.1. The molecule has 2 N–H and O–H groups in total. The fraction of sp³-hybridized carbons (Fsp3) is 0.174. The number of amides is 1. The van der Waals surface area contributed by atoms with Gasteiger partial charge >= 0.3 is 0 Å². The third-order valence-corrected chi connectivity index (χ3v) is 6.18. The van der Waals surface area contributed by atoms with Crippen LogP contribution in [0.25, 0.3) is 0 Å². The third kappa shape index (κ3) is 5.68. The largest absolute Gasteiger partial charge is 0.495 e. The molecule has 3 rings (SSSR count). The van der Waals surface area contributed by atoms with Gasteiger partial charge in [-0.1, -0.05) is 36.4 Å². The molecule has 0 unspecified atom stereocenters. The first kappa shape index (κ1) is 23.4. The highest BCUT2D eigenvalue weighted by atomic mass is 32.2. The van der Waals surface area contributed by atoms with Crippen molar-refractivity contribution in [3.8, 4) is 5.75 Å². The molecule has 6 nitrogen and oxygen atoms in total. The Kier molecular flexibility index (Phi) is 7.22. The average molecular weight is 461 g/mol. The number of carbonyl (C=O) groups excluding carboxylic acids is 1. The van der Waals surface area contributed by atoms with Crippen molar-refractivity contribution in [2.75, 3.05) is 12.4 Å². The van der Waals surface area contributed by atoms with Crippen molar-refractivity contribution in [3.63, 3.8) is 0 Å². The monoisotopic (exact) mass is 460 g/mol. The van der Waals surface area contributed by atoms with Gasteiger partial charge in [0.2, 0.25) is 15.9 Å². The zero-order valence-electron chi connectivity index (χ0n) is 17.4. The van der Waals surface area contributed by atoms with Gasteiger partial charge in [0.1, 0.15) is 28.3 Å². The van der Waals surface area contributed by atoms with E-state index in [1.807, 2.05) is 0 Å². The zero-order chi connectivity index (χ0) is 23.3. The zero-order valence-corrected chi connectivity index (χ0v) is 18.2. The maximum atomic E-state index is 14.0. The van der Waals surface area contributed by atoms with E-state index >= 15 is 0 Å². The molecule has 0 aromatic heterocycles. The first-order valence-corrected chi connectivity index (χ1v) is 11.1. The van der Waals surface area contributed by atoms with Crippen LogP contribution in [-0.2, 0) is 21.2 Å². The summed E-state index contributed by atoms with van der Waals surface area (Å²) in [5.74, 6) is -2.32. The van der Waals surface area contributed by atoms with Gasteiger partial charge in [-0.3, -0.25) is 4.79 Å². The van der Waals surface area contributed by atoms with Gasteiger partial charge in [0, 0.05) is 6.07 Å². The van der Waals surface area contributed by atoms with Crippen LogP contribution in [0.15, 0.2) is 71.6 Å². The van der Waals surface area contributed by atoms with Crippen molar-refractivity contribution in [1.29, 1.82) is 0 Å². The molecule has 1 amide bonds. The van der Waals surface area contributed by atoms with Crippen molar-refractivity contribution >= 4 is 21.6 Å². The summed E-state index contributed by atoms with van der Waals surface area (Å²) in [6.07, 6.45) is -0.0169. The summed E-state index contributed by atoms with van der Waals surface area (Å²) in [5.41, 5.74) is 0.962. The molecule has 0 aliphatic heterocycles. The lowest BCUT2D eigenvalue weighted by molar-refractivity contribution is -0.117. The lowest BCUT2D eigenvalue weighted by Gasteiger charge is -2.20. The summed E-state index contributed by atoms with van der Waals surface area (Å²) in [4.78, 5) is 12.8. The number of halogens is 2. The van der Waals surface area contributed by atoms with E-state index in [0.29, 0.717) is 11.1 Å². The van der Waals surface area contributed by atoms with Gasteiger partial charge in [-0.15, -0.1) is 0 Å². The van der Waals surface area contributed by atoms with Crippen molar-refractivity contribution in [1.82, 2.24) is 4.72 Å². The molecule has 0 spiro atoms. The minimum absolute atomic E-state index is 0.0169. The molecule has 1 atom stereocenters. The third-order valence-electron chi connectivity index (χ3n) is 4.69.